The van der Waals surface area contributed by atoms with Gasteiger partial charge in [-0.3, -0.25) is 18.7 Å². The number of thioether (sulfide) groups is 1. The molecule has 2 heterocycles. The smallest absolute Gasteiger partial charge is 0.332 e. The number of hydrogen-bond acceptors (Lipinski definition) is 8. The lowest BCUT2D eigenvalue weighted by atomic mass is 10.2. The van der Waals surface area contributed by atoms with E-state index in [4.69, 9.17) is 41.2 Å². The first-order chi connectivity index (χ1) is 13.6. The van der Waals surface area contributed by atoms with Gasteiger partial charge in [0.1, 0.15) is 11.4 Å². The minimum atomic E-state index is -0.731. The molecule has 0 atom stereocenters. The number of hydrogen-bond donors (Lipinski definition) is 1. The Kier molecular flexibility index (Phi) is 6.34. The van der Waals surface area contributed by atoms with Gasteiger partial charge in [0, 0.05) is 14.1 Å². The van der Waals surface area contributed by atoms with Gasteiger partial charge in [-0.1, -0.05) is 46.3 Å². The molecule has 3 rings (SSSR count). The fourth-order valence-electron chi connectivity index (χ4n) is 2.42. The predicted octanol–water partition coefficient (Wildman–Crippen LogP) is 2.92. The van der Waals surface area contributed by atoms with Crippen molar-refractivity contribution < 1.29 is 4.79 Å². The molecule has 0 spiro atoms. The van der Waals surface area contributed by atoms with E-state index in [1.807, 2.05) is 0 Å². The van der Waals surface area contributed by atoms with Gasteiger partial charge < -0.3 is 5.73 Å². The minimum absolute atomic E-state index is 0.0959. The molecule has 0 unspecified atom stereocenters. The molecule has 0 amide bonds. The molecule has 2 aromatic heterocycles. The number of nitrogens with zero attached hydrogens (tertiary/aromatic N) is 4. The molecule has 0 saturated carbocycles. The van der Waals surface area contributed by atoms with Crippen molar-refractivity contribution in [3.05, 3.63) is 58.6 Å². The van der Waals surface area contributed by atoms with Crippen LogP contribution in [0.5, 0.6) is 0 Å². The molecule has 0 radical (unpaired) electrons. The second-order valence-corrected chi connectivity index (χ2v) is 9.48. The first-order valence-corrected chi connectivity index (χ1v) is 10.9. The number of nitrogen functional groups attached to an aromatic ring is 1. The number of ketones is 1. The fourth-order valence-corrected chi connectivity index (χ4v) is 4.95. The van der Waals surface area contributed by atoms with Crippen LogP contribution in [0.1, 0.15) is 10.4 Å². The molecule has 2 N–H and O–H groups in total. The number of anilines is 1. The van der Waals surface area contributed by atoms with Crippen LogP contribution in [0.25, 0.3) is 5.69 Å². The van der Waals surface area contributed by atoms with Crippen LogP contribution in [-0.2, 0) is 14.1 Å². The molecule has 8 nitrogen and oxygen atoms in total. The number of nitrogens with two attached hydrogens (primary N) is 1. The second kappa shape index (κ2) is 8.44. The molecule has 29 heavy (non-hydrogen) atoms. The summed E-state index contributed by atoms with van der Waals surface area (Å²) in [5.74, 6) is -0.773. The summed E-state index contributed by atoms with van der Waals surface area (Å²) >= 11 is 19.6. The van der Waals surface area contributed by atoms with Gasteiger partial charge in [-0.2, -0.15) is 0 Å². The van der Waals surface area contributed by atoms with E-state index in [1.54, 1.807) is 18.2 Å². The highest BCUT2D eigenvalue weighted by Gasteiger charge is 2.21. The van der Waals surface area contributed by atoms with Crippen molar-refractivity contribution >= 4 is 70.1 Å². The standard InChI is InChI=1S/C16H13Cl2N5O3S3/c1-21-12(19)11(13(25)22(2)15(21)26)10(24)6-28-14-20-23(16(27)29-14)7-3-4-8(17)9(18)5-7/h3-5H,6,19H2,1-2H3. The van der Waals surface area contributed by atoms with Crippen molar-refractivity contribution in [2.45, 2.75) is 4.34 Å². The summed E-state index contributed by atoms with van der Waals surface area (Å²) in [6.45, 7) is 0. The Labute approximate surface area is 187 Å². The third kappa shape index (κ3) is 4.19. The summed E-state index contributed by atoms with van der Waals surface area (Å²) in [6, 6.07) is 4.99. The number of benzene rings is 1. The summed E-state index contributed by atoms with van der Waals surface area (Å²) in [5.41, 5.74) is 4.89. The number of rotatable bonds is 5. The normalized spacial score (nSPS) is 11.0. The summed E-state index contributed by atoms with van der Waals surface area (Å²) in [7, 11) is 2.68. The van der Waals surface area contributed by atoms with Gasteiger partial charge in [-0.05, 0) is 30.4 Å². The number of carbonyl (C=O) groups excluding carboxylic acids is 1. The maximum absolute atomic E-state index is 12.6. The molecule has 1 aromatic carbocycles. The first-order valence-electron chi connectivity index (χ1n) is 7.89. The molecule has 0 aliphatic heterocycles. The number of carbonyl (C=O) groups is 1. The Morgan fingerprint density at radius 2 is 1.93 bits per heavy atom. The van der Waals surface area contributed by atoms with Gasteiger partial charge in [-0.25, -0.2) is 9.48 Å². The Morgan fingerprint density at radius 1 is 1.24 bits per heavy atom. The third-order valence-corrected chi connectivity index (χ3v) is 7.10. The SMILES string of the molecule is Cn1c(N)c(C(=O)CSc2nn(-c3ccc(Cl)c(Cl)c3)c(=S)s2)c(=O)n(C)c1=O. The molecule has 0 aliphatic rings. The van der Waals surface area contributed by atoms with E-state index in [1.165, 1.54) is 30.1 Å². The quantitative estimate of drug-likeness (QED) is 0.333. The van der Waals surface area contributed by atoms with Gasteiger partial charge in [0.15, 0.2) is 14.1 Å². The van der Waals surface area contributed by atoms with Gasteiger partial charge in [0.2, 0.25) is 0 Å². The van der Waals surface area contributed by atoms with Gasteiger partial charge >= 0.3 is 5.69 Å². The molecule has 0 saturated heterocycles. The van der Waals surface area contributed by atoms with E-state index in [0.29, 0.717) is 24.0 Å². The van der Waals surface area contributed by atoms with Crippen LogP contribution in [-0.4, -0.2) is 30.5 Å². The van der Waals surface area contributed by atoms with Crippen LogP contribution in [0.4, 0.5) is 5.82 Å². The van der Waals surface area contributed by atoms with Gasteiger partial charge in [0.05, 0.1) is 21.5 Å². The zero-order valence-corrected chi connectivity index (χ0v) is 19.0. The second-order valence-electron chi connectivity index (χ2n) is 5.82. The van der Waals surface area contributed by atoms with Crippen molar-refractivity contribution in [2.24, 2.45) is 14.1 Å². The summed E-state index contributed by atoms with van der Waals surface area (Å²) in [4.78, 5) is 36.8. The van der Waals surface area contributed by atoms with E-state index >= 15 is 0 Å². The van der Waals surface area contributed by atoms with E-state index < -0.39 is 17.0 Å². The predicted molar refractivity (Wildman–Crippen MR) is 119 cm³/mol. The molecule has 3 aromatic rings. The molecular weight excluding hydrogens is 477 g/mol. The van der Waals surface area contributed by atoms with Gasteiger partial charge in [0.25, 0.3) is 5.56 Å². The monoisotopic (exact) mass is 489 g/mol. The van der Waals surface area contributed by atoms with Crippen LogP contribution in [0.15, 0.2) is 32.1 Å². The zero-order valence-electron chi connectivity index (χ0n) is 15.0. The van der Waals surface area contributed by atoms with Crippen molar-refractivity contribution in [3.8, 4) is 5.69 Å². The summed E-state index contributed by atoms with van der Waals surface area (Å²) in [6.07, 6.45) is 0. The maximum Gasteiger partial charge on any atom is 0.332 e. The topological polar surface area (TPSA) is 105 Å². The van der Waals surface area contributed by atoms with E-state index in [2.05, 4.69) is 5.10 Å². The molecule has 0 aliphatic carbocycles. The number of Topliss-reactive ketones (excluding diaryl/α,β-unsaturated/α-hetero) is 1. The van der Waals surface area contributed by atoms with E-state index in [-0.39, 0.29) is 17.1 Å². The zero-order chi connectivity index (χ0) is 21.5. The van der Waals surface area contributed by atoms with E-state index in [0.717, 1.165) is 20.9 Å². The van der Waals surface area contributed by atoms with Gasteiger partial charge in [-0.15, -0.1) is 5.10 Å². The minimum Gasteiger partial charge on any atom is -0.384 e. The highest BCUT2D eigenvalue weighted by molar-refractivity contribution is 8.01. The Balaban J connectivity index is 1.86. The maximum atomic E-state index is 12.6. The summed E-state index contributed by atoms with van der Waals surface area (Å²) < 4.78 is 4.39. The first kappa shape index (κ1) is 21.8. The average Bonchev–Trinajstić information content (AvgIpc) is 3.06. The van der Waals surface area contributed by atoms with Crippen LogP contribution in [0.2, 0.25) is 10.0 Å². The molecule has 13 heteroatoms. The van der Waals surface area contributed by atoms with Crippen molar-refractivity contribution in [3.63, 3.8) is 0 Å². The summed E-state index contributed by atoms with van der Waals surface area (Å²) in [5, 5.41) is 5.16. The highest BCUT2D eigenvalue weighted by Crippen LogP contribution is 2.28. The van der Waals surface area contributed by atoms with Crippen LogP contribution >= 0.6 is 58.5 Å². The largest absolute Gasteiger partial charge is 0.384 e. The lowest BCUT2D eigenvalue weighted by Crippen LogP contribution is -2.41. The third-order valence-electron chi connectivity index (χ3n) is 3.99. The average molecular weight is 490 g/mol. The Hall–Kier alpha value is -1.92. The molecule has 0 fully saturated rings. The number of aromatic nitrogens is 4. The Morgan fingerprint density at radius 3 is 2.59 bits per heavy atom. The molecule has 152 valence electrons. The lowest BCUT2D eigenvalue weighted by molar-refractivity contribution is 0.102. The van der Waals surface area contributed by atoms with Crippen LogP contribution < -0.4 is 17.0 Å². The van der Waals surface area contributed by atoms with E-state index in [9.17, 15) is 14.4 Å². The molecular formula is C16H13Cl2N5O3S3. The lowest BCUT2D eigenvalue weighted by Gasteiger charge is -2.10. The van der Waals surface area contributed by atoms with Crippen molar-refractivity contribution in [1.82, 2.24) is 18.9 Å². The number of halogens is 2. The van der Waals surface area contributed by atoms with Crippen molar-refractivity contribution in [2.75, 3.05) is 11.5 Å². The van der Waals surface area contributed by atoms with Crippen molar-refractivity contribution in [1.29, 1.82) is 0 Å². The Bertz CT molecular complexity index is 1310. The highest BCUT2D eigenvalue weighted by atomic mass is 35.5. The molecule has 0 bridgehead atoms. The van der Waals surface area contributed by atoms with Crippen LogP contribution in [0.3, 0.4) is 0 Å². The van der Waals surface area contributed by atoms with Crippen LogP contribution in [0, 0.1) is 3.95 Å². The fraction of sp³-hybridized carbons (Fsp3) is 0.188.